The molecule has 1 aromatic carbocycles. The molecule has 4 aliphatic carbocycles. The van der Waals surface area contributed by atoms with Crippen LogP contribution in [-0.2, 0) is 19.1 Å². The maximum atomic E-state index is 12.9. The minimum absolute atomic E-state index is 0.140. The lowest BCUT2D eigenvalue weighted by Crippen LogP contribution is -2.40. The Morgan fingerprint density at radius 2 is 1.76 bits per heavy atom. The first kappa shape index (κ1) is 18.1. The van der Waals surface area contributed by atoms with Crippen molar-refractivity contribution >= 4 is 29.4 Å². The van der Waals surface area contributed by atoms with Crippen molar-refractivity contribution in [2.24, 2.45) is 35.5 Å². The van der Waals surface area contributed by atoms with Crippen molar-refractivity contribution in [1.29, 1.82) is 0 Å². The summed E-state index contributed by atoms with van der Waals surface area (Å²) in [6.45, 7) is 1.68. The van der Waals surface area contributed by atoms with Gasteiger partial charge in [0.1, 0.15) is 6.54 Å². The van der Waals surface area contributed by atoms with Gasteiger partial charge in [0.2, 0.25) is 17.7 Å². The second kappa shape index (κ2) is 6.54. The smallest absolute Gasteiger partial charge is 0.338 e. The molecule has 0 unspecified atom stereocenters. The number of imide groups is 1. The minimum atomic E-state index is -0.473. The van der Waals surface area contributed by atoms with Crippen LogP contribution in [0.5, 0.6) is 0 Å². The highest BCUT2D eigenvalue weighted by molar-refractivity contribution is 6.09. The standard InChI is InChI=1S/C22H22N2O5/c1-2-29-22(28)11-4-3-5-12(8-11)23-17(25)10-24-20(26)18-13-6-7-14(16-9-15(13)16)19(18)21(24)27/h3-8,13-16,18-19H,2,9-10H2,1H3,(H,23,25)/t13-,14-,15-,16+,18-,19+/m0/s1. The van der Waals surface area contributed by atoms with Gasteiger partial charge in [0.05, 0.1) is 24.0 Å². The molecule has 1 N–H and O–H groups in total. The maximum absolute atomic E-state index is 12.9. The number of allylic oxidation sites excluding steroid dienone is 2. The Balaban J connectivity index is 1.28. The topological polar surface area (TPSA) is 92.8 Å². The van der Waals surface area contributed by atoms with Crippen LogP contribution in [0.1, 0.15) is 23.7 Å². The summed E-state index contributed by atoms with van der Waals surface area (Å²) in [6, 6.07) is 6.39. The molecule has 1 aliphatic heterocycles. The third-order valence-electron chi connectivity index (χ3n) is 6.71. The van der Waals surface area contributed by atoms with E-state index in [9.17, 15) is 19.2 Å². The second-order valence-corrected chi connectivity index (χ2v) is 8.27. The highest BCUT2D eigenvalue weighted by Crippen LogP contribution is 2.65. The van der Waals surface area contributed by atoms with E-state index in [0.717, 1.165) is 11.3 Å². The molecular formula is C22H22N2O5. The van der Waals surface area contributed by atoms with Gasteiger partial charge in [0.15, 0.2) is 0 Å². The zero-order valence-corrected chi connectivity index (χ0v) is 16.0. The third-order valence-corrected chi connectivity index (χ3v) is 6.71. The van der Waals surface area contributed by atoms with Gasteiger partial charge in [-0.05, 0) is 55.2 Å². The van der Waals surface area contributed by atoms with Crippen molar-refractivity contribution in [3.8, 4) is 0 Å². The zero-order valence-electron chi connectivity index (χ0n) is 16.0. The number of carbonyl (C=O) groups excluding carboxylic acids is 4. The molecule has 1 aromatic rings. The summed E-state index contributed by atoms with van der Waals surface area (Å²) in [7, 11) is 0. The summed E-state index contributed by atoms with van der Waals surface area (Å²) in [4.78, 5) is 51.4. The van der Waals surface area contributed by atoms with Crippen molar-refractivity contribution in [3.05, 3.63) is 42.0 Å². The SMILES string of the molecule is CCOC(=O)c1cccc(NC(=O)CN2C(=O)[C@@H]3[C@H]4C=C[C@@H]([C@@H]5C[C@H]45)[C@@H]3C2=O)c1. The van der Waals surface area contributed by atoms with E-state index < -0.39 is 11.9 Å². The Labute approximate surface area is 168 Å². The summed E-state index contributed by atoms with van der Waals surface area (Å²) in [6.07, 6.45) is 5.32. The van der Waals surface area contributed by atoms with E-state index in [2.05, 4.69) is 17.5 Å². The summed E-state index contributed by atoms with van der Waals surface area (Å²) in [5.41, 5.74) is 0.742. The van der Waals surface area contributed by atoms with Crippen LogP contribution < -0.4 is 5.32 Å². The molecular weight excluding hydrogens is 372 g/mol. The summed E-state index contributed by atoms with van der Waals surface area (Å²) in [5.74, 6) is -0.648. The fourth-order valence-corrected chi connectivity index (χ4v) is 5.46. The van der Waals surface area contributed by atoms with Crippen LogP contribution in [0, 0.1) is 35.5 Å². The monoisotopic (exact) mass is 394 g/mol. The largest absolute Gasteiger partial charge is 0.462 e. The van der Waals surface area contributed by atoms with Gasteiger partial charge in [-0.25, -0.2) is 4.79 Å². The molecule has 0 spiro atoms. The molecule has 0 aromatic heterocycles. The number of nitrogens with one attached hydrogen (secondary N) is 1. The lowest BCUT2D eigenvalue weighted by molar-refractivity contribution is -0.142. The van der Waals surface area contributed by atoms with E-state index in [1.54, 1.807) is 25.1 Å². The van der Waals surface area contributed by atoms with Crippen LogP contribution in [0.15, 0.2) is 36.4 Å². The van der Waals surface area contributed by atoms with Gasteiger partial charge in [0.25, 0.3) is 0 Å². The van der Waals surface area contributed by atoms with Crippen molar-refractivity contribution in [3.63, 3.8) is 0 Å². The van der Waals surface area contributed by atoms with Gasteiger partial charge >= 0.3 is 5.97 Å². The molecule has 7 heteroatoms. The highest BCUT2D eigenvalue weighted by atomic mass is 16.5. The second-order valence-electron chi connectivity index (χ2n) is 8.27. The van der Waals surface area contributed by atoms with Gasteiger partial charge < -0.3 is 10.1 Å². The Hall–Kier alpha value is -2.96. The van der Waals surface area contributed by atoms with Gasteiger partial charge in [-0.2, -0.15) is 0 Å². The number of ether oxygens (including phenoxy) is 1. The summed E-state index contributed by atoms with van der Waals surface area (Å²) in [5, 5.41) is 2.68. The van der Waals surface area contributed by atoms with E-state index >= 15 is 0 Å². The van der Waals surface area contributed by atoms with Crippen LogP contribution in [0.25, 0.3) is 0 Å². The lowest BCUT2D eigenvalue weighted by atomic mass is 9.63. The molecule has 2 bridgehead atoms. The molecule has 1 saturated heterocycles. The number of rotatable bonds is 5. The molecule has 3 amide bonds. The number of likely N-dealkylation sites (tertiary alicyclic amines) is 1. The number of anilines is 1. The van der Waals surface area contributed by atoms with Gasteiger partial charge in [-0.3, -0.25) is 19.3 Å². The van der Waals surface area contributed by atoms with E-state index in [1.165, 1.54) is 6.07 Å². The Morgan fingerprint density at radius 3 is 2.38 bits per heavy atom. The third kappa shape index (κ3) is 2.79. The lowest BCUT2D eigenvalue weighted by Gasteiger charge is -2.37. The first-order valence-corrected chi connectivity index (χ1v) is 10.1. The van der Waals surface area contributed by atoms with Crippen LogP contribution in [-0.4, -0.2) is 41.7 Å². The first-order chi connectivity index (χ1) is 14.0. The van der Waals surface area contributed by atoms with Crippen LogP contribution in [0.2, 0.25) is 0 Å². The number of amides is 3. The zero-order chi connectivity index (χ0) is 20.3. The quantitative estimate of drug-likeness (QED) is 0.467. The molecule has 0 radical (unpaired) electrons. The molecule has 7 nitrogen and oxygen atoms in total. The average Bonchev–Trinajstić information content (AvgIpc) is 3.49. The number of hydrogen-bond donors (Lipinski definition) is 1. The molecule has 3 fully saturated rings. The molecule has 1 heterocycles. The fraction of sp³-hybridized carbons (Fsp3) is 0.455. The Morgan fingerprint density at radius 1 is 1.10 bits per heavy atom. The number of carbonyl (C=O) groups is 4. The number of nitrogens with zero attached hydrogens (tertiary/aromatic N) is 1. The van der Waals surface area contributed by atoms with Crippen LogP contribution >= 0.6 is 0 Å². The van der Waals surface area contributed by atoms with Crippen LogP contribution in [0.3, 0.4) is 0 Å². The number of esters is 1. The van der Waals surface area contributed by atoms with Crippen molar-refractivity contribution in [2.45, 2.75) is 13.3 Å². The normalized spacial score (nSPS) is 33.3. The average molecular weight is 394 g/mol. The number of benzene rings is 1. The Bertz CT molecular complexity index is 918. The molecule has 6 rings (SSSR count). The first-order valence-electron chi connectivity index (χ1n) is 10.1. The van der Waals surface area contributed by atoms with E-state index in [1.807, 2.05) is 0 Å². The molecule has 6 atom stereocenters. The minimum Gasteiger partial charge on any atom is -0.462 e. The van der Waals surface area contributed by atoms with Gasteiger partial charge in [-0.1, -0.05) is 18.2 Å². The highest BCUT2D eigenvalue weighted by Gasteiger charge is 2.67. The summed E-state index contributed by atoms with van der Waals surface area (Å²) >= 11 is 0. The molecule has 5 aliphatic rings. The predicted molar refractivity (Wildman–Crippen MR) is 102 cm³/mol. The fourth-order valence-electron chi connectivity index (χ4n) is 5.46. The van der Waals surface area contributed by atoms with Crippen molar-refractivity contribution < 1.29 is 23.9 Å². The molecule has 2 saturated carbocycles. The van der Waals surface area contributed by atoms with Gasteiger partial charge in [-0.15, -0.1) is 0 Å². The van der Waals surface area contributed by atoms with Gasteiger partial charge in [0, 0.05) is 5.69 Å². The van der Waals surface area contributed by atoms with Crippen LogP contribution in [0.4, 0.5) is 5.69 Å². The van der Waals surface area contributed by atoms with E-state index in [0.29, 0.717) is 23.1 Å². The maximum Gasteiger partial charge on any atom is 0.338 e. The van der Waals surface area contributed by atoms with E-state index in [-0.39, 0.29) is 48.6 Å². The Kier molecular flexibility index (Phi) is 4.08. The molecule has 150 valence electrons. The van der Waals surface area contributed by atoms with Crippen molar-refractivity contribution in [2.75, 3.05) is 18.5 Å². The predicted octanol–water partition coefficient (Wildman–Crippen LogP) is 1.85. The van der Waals surface area contributed by atoms with Crippen molar-refractivity contribution in [1.82, 2.24) is 4.90 Å². The summed E-state index contributed by atoms with van der Waals surface area (Å²) < 4.78 is 4.96. The van der Waals surface area contributed by atoms with E-state index in [4.69, 9.17) is 4.74 Å². The number of hydrogen-bond acceptors (Lipinski definition) is 5. The molecule has 29 heavy (non-hydrogen) atoms.